The van der Waals surface area contributed by atoms with Gasteiger partial charge in [-0.3, -0.25) is 0 Å². The maximum atomic E-state index is 13.0. The van der Waals surface area contributed by atoms with Gasteiger partial charge >= 0.3 is 5.97 Å². The van der Waals surface area contributed by atoms with Gasteiger partial charge in [-0.15, -0.1) is 0 Å². The molecule has 0 aliphatic rings. The fraction of sp³-hybridized carbons (Fsp3) is 0.333. The van der Waals surface area contributed by atoms with Crippen molar-refractivity contribution in [3.63, 3.8) is 0 Å². The Kier molecular flexibility index (Phi) is 4.32. The summed E-state index contributed by atoms with van der Waals surface area (Å²) in [6.07, 6.45) is -0.914. The first-order valence-corrected chi connectivity index (χ1v) is 5.12. The lowest BCUT2D eigenvalue weighted by Gasteiger charge is -2.13. The Morgan fingerprint density at radius 2 is 2.25 bits per heavy atom. The molecule has 0 amide bonds. The number of rotatable bonds is 4. The summed E-state index contributed by atoms with van der Waals surface area (Å²) in [6, 6.07) is 1.11. The Morgan fingerprint density at radius 1 is 1.62 bits per heavy atom. The number of nitrogens with zero attached hydrogens (tertiary/aromatic N) is 1. The number of aromatic nitrogens is 1. The van der Waals surface area contributed by atoms with Crippen molar-refractivity contribution < 1.29 is 19.0 Å². The van der Waals surface area contributed by atoms with E-state index in [1.165, 1.54) is 0 Å². The zero-order valence-corrected chi connectivity index (χ0v) is 9.72. The summed E-state index contributed by atoms with van der Waals surface area (Å²) < 4.78 is 17.9. The lowest BCUT2D eigenvalue weighted by atomic mass is 10.3. The highest BCUT2D eigenvalue weighted by Crippen LogP contribution is 2.27. The molecule has 1 unspecified atom stereocenters. The predicted molar refractivity (Wildman–Crippen MR) is 56.6 cm³/mol. The molecular weight excluding hydrogens is 260 g/mol. The van der Waals surface area contributed by atoms with E-state index in [0.29, 0.717) is 0 Å². The van der Waals surface area contributed by atoms with Gasteiger partial charge in [0.05, 0.1) is 5.02 Å². The van der Waals surface area contributed by atoms with Crippen LogP contribution < -0.4 is 4.74 Å². The lowest BCUT2D eigenvalue weighted by Crippen LogP contribution is -2.26. The number of carboxylic acid groups (broad SMARTS) is 1. The molecule has 1 aromatic rings. The third-order valence-corrected chi connectivity index (χ3v) is 2.29. The van der Waals surface area contributed by atoms with E-state index in [-0.39, 0.29) is 22.3 Å². The zero-order valence-electron chi connectivity index (χ0n) is 8.21. The Morgan fingerprint density at radius 3 is 2.75 bits per heavy atom. The first-order valence-electron chi connectivity index (χ1n) is 4.36. The number of carboxylic acids is 1. The second-order valence-electron chi connectivity index (χ2n) is 2.90. The molecule has 0 aromatic carbocycles. The summed E-state index contributed by atoms with van der Waals surface area (Å²) in [7, 11) is 0. The minimum atomic E-state index is -1.17. The van der Waals surface area contributed by atoms with E-state index in [1.54, 1.807) is 6.92 Å². The summed E-state index contributed by atoms with van der Waals surface area (Å²) in [4.78, 5) is 14.0. The maximum absolute atomic E-state index is 13.0. The highest BCUT2D eigenvalue weighted by atomic mass is 35.5. The number of hydrogen-bond acceptors (Lipinski definition) is 3. The first-order chi connectivity index (χ1) is 7.45. The third kappa shape index (κ3) is 2.96. The predicted octanol–water partition coefficient (Wildman–Crippen LogP) is 2.77. The van der Waals surface area contributed by atoms with Crippen LogP contribution in [0.5, 0.6) is 5.88 Å². The van der Waals surface area contributed by atoms with Crippen molar-refractivity contribution in [3.8, 4) is 5.88 Å². The fourth-order valence-electron chi connectivity index (χ4n) is 0.954. The monoisotopic (exact) mass is 267 g/mol. The van der Waals surface area contributed by atoms with Crippen LogP contribution in [0.25, 0.3) is 0 Å². The quantitative estimate of drug-likeness (QED) is 0.853. The van der Waals surface area contributed by atoms with Crippen molar-refractivity contribution in [2.45, 2.75) is 19.4 Å². The van der Waals surface area contributed by atoms with Gasteiger partial charge in [0.15, 0.2) is 6.10 Å². The number of pyridine rings is 1. The topological polar surface area (TPSA) is 59.4 Å². The number of aliphatic carboxylic acids is 1. The van der Waals surface area contributed by atoms with E-state index in [4.69, 9.17) is 33.0 Å². The molecule has 88 valence electrons. The van der Waals surface area contributed by atoms with Gasteiger partial charge in [0.1, 0.15) is 5.02 Å². The second-order valence-corrected chi connectivity index (χ2v) is 3.72. The van der Waals surface area contributed by atoms with Gasteiger partial charge in [0.2, 0.25) is 11.8 Å². The smallest absolute Gasteiger partial charge is 0.344 e. The Labute approximate surface area is 101 Å². The van der Waals surface area contributed by atoms with E-state index < -0.39 is 18.0 Å². The number of ether oxygens (including phenoxy) is 1. The molecule has 7 heteroatoms. The molecule has 0 saturated heterocycles. The van der Waals surface area contributed by atoms with Crippen LogP contribution in [0, 0.1) is 5.95 Å². The molecule has 1 rings (SSSR count). The number of halogens is 3. The molecule has 0 spiro atoms. The van der Waals surface area contributed by atoms with Gasteiger partial charge in [-0.1, -0.05) is 30.1 Å². The van der Waals surface area contributed by atoms with Gasteiger partial charge in [-0.2, -0.15) is 9.37 Å². The minimum Gasteiger partial charge on any atom is -0.479 e. The van der Waals surface area contributed by atoms with Crippen LogP contribution in [0.2, 0.25) is 10.0 Å². The van der Waals surface area contributed by atoms with Gasteiger partial charge < -0.3 is 9.84 Å². The van der Waals surface area contributed by atoms with Gasteiger partial charge in [0.25, 0.3) is 0 Å². The normalized spacial score (nSPS) is 12.2. The summed E-state index contributed by atoms with van der Waals surface area (Å²) in [6.45, 7) is 1.61. The molecule has 1 atom stereocenters. The van der Waals surface area contributed by atoms with Crippen LogP contribution in [-0.2, 0) is 4.79 Å². The van der Waals surface area contributed by atoms with E-state index >= 15 is 0 Å². The fourth-order valence-corrected chi connectivity index (χ4v) is 1.36. The second kappa shape index (κ2) is 5.32. The van der Waals surface area contributed by atoms with Crippen molar-refractivity contribution in [2.24, 2.45) is 0 Å². The van der Waals surface area contributed by atoms with Crippen molar-refractivity contribution >= 4 is 29.2 Å². The number of hydrogen-bond donors (Lipinski definition) is 1. The minimum absolute atomic E-state index is 0.0360. The van der Waals surface area contributed by atoms with Crippen LogP contribution in [0.4, 0.5) is 4.39 Å². The number of carbonyl (C=O) groups is 1. The summed E-state index contributed by atoms with van der Waals surface area (Å²) >= 11 is 11.1. The third-order valence-electron chi connectivity index (χ3n) is 1.75. The Balaban J connectivity index is 2.96. The van der Waals surface area contributed by atoms with Crippen molar-refractivity contribution in [3.05, 3.63) is 22.1 Å². The largest absolute Gasteiger partial charge is 0.479 e. The van der Waals surface area contributed by atoms with Crippen molar-refractivity contribution in [2.75, 3.05) is 0 Å². The van der Waals surface area contributed by atoms with E-state index in [9.17, 15) is 9.18 Å². The average molecular weight is 268 g/mol. The van der Waals surface area contributed by atoms with E-state index in [0.717, 1.165) is 6.07 Å². The van der Waals surface area contributed by atoms with Crippen LogP contribution in [0.1, 0.15) is 13.3 Å². The standard InChI is InChI=1S/C9H8Cl2FNO3/c1-2-6(9(14)15)16-8-5(11)3-4(10)7(12)13-8/h3,6H,2H2,1H3,(H,14,15). The highest BCUT2D eigenvalue weighted by molar-refractivity contribution is 6.35. The van der Waals surface area contributed by atoms with Crippen molar-refractivity contribution in [1.82, 2.24) is 4.98 Å². The molecule has 0 aliphatic heterocycles. The zero-order chi connectivity index (χ0) is 12.3. The van der Waals surface area contributed by atoms with Gasteiger partial charge in [-0.05, 0) is 12.5 Å². The maximum Gasteiger partial charge on any atom is 0.344 e. The van der Waals surface area contributed by atoms with Crippen LogP contribution in [0.15, 0.2) is 6.07 Å². The van der Waals surface area contributed by atoms with Crippen LogP contribution >= 0.6 is 23.2 Å². The molecule has 0 aliphatic carbocycles. The van der Waals surface area contributed by atoms with Crippen LogP contribution in [-0.4, -0.2) is 22.2 Å². The molecule has 4 nitrogen and oxygen atoms in total. The molecule has 1 aromatic heterocycles. The molecule has 0 fully saturated rings. The van der Waals surface area contributed by atoms with Crippen LogP contribution in [0.3, 0.4) is 0 Å². The molecule has 16 heavy (non-hydrogen) atoms. The summed E-state index contributed by atoms with van der Waals surface area (Å²) in [5.74, 6) is -2.41. The molecule has 1 heterocycles. The van der Waals surface area contributed by atoms with Gasteiger partial charge in [-0.25, -0.2) is 4.79 Å². The summed E-state index contributed by atoms with van der Waals surface area (Å²) in [5, 5.41) is 8.45. The molecule has 0 radical (unpaired) electrons. The molecule has 0 saturated carbocycles. The highest BCUT2D eigenvalue weighted by Gasteiger charge is 2.20. The average Bonchev–Trinajstić information content (AvgIpc) is 2.21. The molecule has 0 bridgehead atoms. The lowest BCUT2D eigenvalue weighted by molar-refractivity contribution is -0.145. The van der Waals surface area contributed by atoms with Crippen molar-refractivity contribution in [1.29, 1.82) is 0 Å². The van der Waals surface area contributed by atoms with Gasteiger partial charge in [0, 0.05) is 0 Å². The molecule has 1 N–H and O–H groups in total. The summed E-state index contributed by atoms with van der Waals surface area (Å²) in [5.41, 5.74) is 0. The SMILES string of the molecule is CCC(Oc1nc(F)c(Cl)cc1Cl)C(=O)O. The van der Waals surface area contributed by atoms with E-state index in [1.807, 2.05) is 0 Å². The molecular formula is C9H8Cl2FNO3. The van der Waals surface area contributed by atoms with E-state index in [2.05, 4.69) is 4.98 Å². The first kappa shape index (κ1) is 13.0. The Hall–Kier alpha value is -1.07. The Bertz CT molecular complexity index is 414.